The van der Waals surface area contributed by atoms with Gasteiger partial charge >= 0.3 is 0 Å². The van der Waals surface area contributed by atoms with E-state index in [0.717, 1.165) is 19.6 Å². The summed E-state index contributed by atoms with van der Waals surface area (Å²) in [6.45, 7) is 7.23. The minimum absolute atomic E-state index is 0. The molecule has 4 nitrogen and oxygen atoms in total. The number of nitrogens with two attached hydrogens (primary N) is 1. The van der Waals surface area contributed by atoms with Gasteiger partial charge < -0.3 is 10.6 Å². The first-order valence-electron chi connectivity index (χ1n) is 5.76. The summed E-state index contributed by atoms with van der Waals surface area (Å²) in [5, 5.41) is 0. The number of carbonyl (C=O) groups is 1. The minimum Gasteiger partial charge on any atom is -0.337 e. The van der Waals surface area contributed by atoms with Crippen LogP contribution >= 0.6 is 12.4 Å². The maximum absolute atomic E-state index is 11.8. The molecule has 1 aliphatic carbocycles. The summed E-state index contributed by atoms with van der Waals surface area (Å²) in [6.07, 6.45) is 2.41. The van der Waals surface area contributed by atoms with Gasteiger partial charge in [-0.05, 0) is 26.7 Å². The molecule has 0 aromatic heterocycles. The number of amides is 1. The van der Waals surface area contributed by atoms with Gasteiger partial charge in [-0.25, -0.2) is 0 Å². The molecule has 1 saturated carbocycles. The fraction of sp³-hybridized carbons (Fsp3) is 0.909. The molecule has 5 heteroatoms. The van der Waals surface area contributed by atoms with Gasteiger partial charge in [0.1, 0.15) is 0 Å². The average molecular weight is 248 g/mol. The highest BCUT2D eigenvalue weighted by molar-refractivity contribution is 5.85. The standard InChI is InChI=1S/C11H21N3O.ClH/c1-11(2,12)8-13-5-6-14(9-3-4-9)10(15)7-13;/h9H,3-8,12H2,1-2H3;1H. The summed E-state index contributed by atoms with van der Waals surface area (Å²) < 4.78 is 0. The number of hydrogen-bond donors (Lipinski definition) is 1. The Morgan fingerprint density at radius 1 is 1.38 bits per heavy atom. The van der Waals surface area contributed by atoms with Gasteiger partial charge in [0.2, 0.25) is 5.91 Å². The Morgan fingerprint density at radius 3 is 2.44 bits per heavy atom. The number of rotatable bonds is 3. The van der Waals surface area contributed by atoms with Crippen LogP contribution in [0.2, 0.25) is 0 Å². The highest BCUT2D eigenvalue weighted by atomic mass is 35.5. The van der Waals surface area contributed by atoms with E-state index in [9.17, 15) is 4.79 Å². The molecule has 0 spiro atoms. The third-order valence-corrected chi connectivity index (χ3v) is 2.96. The van der Waals surface area contributed by atoms with Crippen LogP contribution in [0.3, 0.4) is 0 Å². The zero-order chi connectivity index (χ0) is 11.1. The second-order valence-corrected chi connectivity index (χ2v) is 5.52. The zero-order valence-corrected chi connectivity index (χ0v) is 10.9. The fourth-order valence-electron chi connectivity index (χ4n) is 2.22. The molecule has 0 aromatic rings. The first-order chi connectivity index (χ1) is 6.96. The molecule has 2 N–H and O–H groups in total. The van der Waals surface area contributed by atoms with Crippen molar-refractivity contribution in [1.29, 1.82) is 0 Å². The van der Waals surface area contributed by atoms with Crippen molar-refractivity contribution >= 4 is 18.3 Å². The highest BCUT2D eigenvalue weighted by Crippen LogP contribution is 2.28. The lowest BCUT2D eigenvalue weighted by Gasteiger charge is -2.37. The summed E-state index contributed by atoms with van der Waals surface area (Å²) in [6, 6.07) is 0.561. The van der Waals surface area contributed by atoms with Crippen LogP contribution in [0.25, 0.3) is 0 Å². The van der Waals surface area contributed by atoms with E-state index < -0.39 is 0 Å². The number of nitrogens with zero attached hydrogens (tertiary/aromatic N) is 2. The number of piperazine rings is 1. The Bertz CT molecular complexity index is 260. The van der Waals surface area contributed by atoms with Gasteiger partial charge in [0.25, 0.3) is 0 Å². The highest BCUT2D eigenvalue weighted by Gasteiger charge is 2.36. The monoisotopic (exact) mass is 247 g/mol. The summed E-state index contributed by atoms with van der Waals surface area (Å²) in [7, 11) is 0. The second kappa shape index (κ2) is 4.90. The van der Waals surface area contributed by atoms with E-state index in [1.165, 1.54) is 12.8 Å². The number of carbonyl (C=O) groups excluding carboxylic acids is 1. The fourth-order valence-corrected chi connectivity index (χ4v) is 2.22. The van der Waals surface area contributed by atoms with E-state index in [1.807, 2.05) is 18.7 Å². The zero-order valence-electron chi connectivity index (χ0n) is 10.1. The van der Waals surface area contributed by atoms with Crippen molar-refractivity contribution in [2.24, 2.45) is 5.73 Å². The van der Waals surface area contributed by atoms with E-state index in [0.29, 0.717) is 12.6 Å². The van der Waals surface area contributed by atoms with E-state index >= 15 is 0 Å². The molecule has 0 radical (unpaired) electrons. The van der Waals surface area contributed by atoms with Crippen LogP contribution in [-0.4, -0.2) is 53.5 Å². The third kappa shape index (κ3) is 3.61. The molecule has 1 saturated heterocycles. The SMILES string of the molecule is CC(C)(N)CN1CCN(C2CC2)C(=O)C1.Cl. The van der Waals surface area contributed by atoms with Crippen LogP contribution < -0.4 is 5.73 Å². The van der Waals surface area contributed by atoms with Crippen molar-refractivity contribution in [3.63, 3.8) is 0 Å². The van der Waals surface area contributed by atoms with Crippen LogP contribution in [0.1, 0.15) is 26.7 Å². The Hall–Kier alpha value is -0.320. The predicted octanol–water partition coefficient (Wildman–Crippen LogP) is 0.452. The van der Waals surface area contributed by atoms with Gasteiger partial charge in [-0.15, -0.1) is 12.4 Å². The van der Waals surface area contributed by atoms with E-state index in [4.69, 9.17) is 5.73 Å². The molecule has 0 atom stereocenters. The predicted molar refractivity (Wildman–Crippen MR) is 66.7 cm³/mol. The molecule has 1 aliphatic heterocycles. The van der Waals surface area contributed by atoms with Crippen molar-refractivity contribution in [2.75, 3.05) is 26.2 Å². The normalized spacial score (nSPS) is 23.2. The molecule has 2 rings (SSSR count). The van der Waals surface area contributed by atoms with Crippen molar-refractivity contribution in [3.05, 3.63) is 0 Å². The van der Waals surface area contributed by atoms with Crippen LogP contribution in [0.5, 0.6) is 0 Å². The lowest BCUT2D eigenvalue weighted by Crippen LogP contribution is -2.55. The van der Waals surface area contributed by atoms with Crippen LogP contribution in [-0.2, 0) is 4.79 Å². The van der Waals surface area contributed by atoms with Crippen molar-refractivity contribution in [3.8, 4) is 0 Å². The molecule has 1 heterocycles. The first-order valence-corrected chi connectivity index (χ1v) is 5.76. The molecule has 1 amide bonds. The summed E-state index contributed by atoms with van der Waals surface area (Å²) >= 11 is 0. The topological polar surface area (TPSA) is 49.6 Å². The Morgan fingerprint density at radius 2 is 2.00 bits per heavy atom. The molecule has 0 aromatic carbocycles. The van der Waals surface area contributed by atoms with Gasteiger partial charge in [-0.2, -0.15) is 0 Å². The Kier molecular flexibility index (Phi) is 4.21. The minimum atomic E-state index is -0.206. The van der Waals surface area contributed by atoms with Gasteiger partial charge in [-0.1, -0.05) is 0 Å². The van der Waals surface area contributed by atoms with Gasteiger partial charge in [-0.3, -0.25) is 9.69 Å². The van der Waals surface area contributed by atoms with Crippen molar-refractivity contribution in [1.82, 2.24) is 9.80 Å². The van der Waals surface area contributed by atoms with Gasteiger partial charge in [0.15, 0.2) is 0 Å². The van der Waals surface area contributed by atoms with Crippen molar-refractivity contribution in [2.45, 2.75) is 38.3 Å². The van der Waals surface area contributed by atoms with Gasteiger partial charge in [0.05, 0.1) is 6.54 Å². The molecule has 94 valence electrons. The van der Waals surface area contributed by atoms with E-state index in [2.05, 4.69) is 4.90 Å². The molecule has 16 heavy (non-hydrogen) atoms. The smallest absolute Gasteiger partial charge is 0.237 e. The number of halogens is 1. The average Bonchev–Trinajstić information content (AvgIpc) is 2.84. The molecular formula is C11H22ClN3O. The maximum atomic E-state index is 11.8. The van der Waals surface area contributed by atoms with Crippen LogP contribution in [0.15, 0.2) is 0 Å². The first kappa shape index (κ1) is 13.7. The Labute approximate surface area is 104 Å². The quantitative estimate of drug-likeness (QED) is 0.788. The number of hydrogen-bond acceptors (Lipinski definition) is 3. The molecular weight excluding hydrogens is 226 g/mol. The van der Waals surface area contributed by atoms with Gasteiger partial charge in [0, 0.05) is 31.2 Å². The largest absolute Gasteiger partial charge is 0.337 e. The third-order valence-electron chi connectivity index (χ3n) is 2.96. The summed E-state index contributed by atoms with van der Waals surface area (Å²) in [5.74, 6) is 0.285. The lowest BCUT2D eigenvalue weighted by atomic mass is 10.1. The van der Waals surface area contributed by atoms with E-state index in [1.54, 1.807) is 0 Å². The molecule has 2 aliphatic rings. The lowest BCUT2D eigenvalue weighted by molar-refractivity contribution is -0.136. The molecule has 2 fully saturated rings. The van der Waals surface area contributed by atoms with Crippen LogP contribution in [0, 0.1) is 0 Å². The summed E-state index contributed by atoms with van der Waals surface area (Å²) in [5.41, 5.74) is 5.75. The Balaban J connectivity index is 0.00000128. The van der Waals surface area contributed by atoms with E-state index in [-0.39, 0.29) is 23.9 Å². The molecule has 0 unspecified atom stereocenters. The summed E-state index contributed by atoms with van der Waals surface area (Å²) in [4.78, 5) is 16.0. The van der Waals surface area contributed by atoms with Crippen LogP contribution in [0.4, 0.5) is 0 Å². The maximum Gasteiger partial charge on any atom is 0.237 e. The van der Waals surface area contributed by atoms with Crippen molar-refractivity contribution < 1.29 is 4.79 Å². The second-order valence-electron chi connectivity index (χ2n) is 5.52. The molecule has 0 bridgehead atoms.